The lowest BCUT2D eigenvalue weighted by atomic mass is 10.1. The third-order valence-corrected chi connectivity index (χ3v) is 5.55. The van der Waals surface area contributed by atoms with Crippen molar-refractivity contribution in [1.29, 1.82) is 0 Å². The Balaban J connectivity index is 1.66. The number of para-hydroxylation sites is 2. The monoisotopic (exact) mass is 407 g/mol. The molecule has 1 saturated heterocycles. The molecular formula is C24H29N3O3. The molecule has 0 aliphatic carbocycles. The number of likely N-dealkylation sites (tertiary alicyclic amines) is 1. The first kappa shape index (κ1) is 20.3. The van der Waals surface area contributed by atoms with Crippen molar-refractivity contribution in [3.63, 3.8) is 0 Å². The number of fused-ring (bicyclic) bond motifs is 3. The van der Waals surface area contributed by atoms with E-state index in [1.807, 2.05) is 45.0 Å². The highest BCUT2D eigenvalue weighted by atomic mass is 16.6. The predicted molar refractivity (Wildman–Crippen MR) is 120 cm³/mol. The highest BCUT2D eigenvalue weighted by Crippen LogP contribution is 2.34. The van der Waals surface area contributed by atoms with Crippen molar-refractivity contribution in [2.75, 3.05) is 11.9 Å². The van der Waals surface area contributed by atoms with E-state index < -0.39 is 17.7 Å². The Bertz CT molecular complexity index is 1110. The van der Waals surface area contributed by atoms with E-state index >= 15 is 0 Å². The number of nitrogens with zero attached hydrogens (tertiary/aromatic N) is 2. The molecule has 4 rings (SSSR count). The number of carbonyl (C=O) groups is 2. The minimum absolute atomic E-state index is 0.168. The van der Waals surface area contributed by atoms with E-state index in [9.17, 15) is 9.59 Å². The molecule has 6 nitrogen and oxygen atoms in total. The van der Waals surface area contributed by atoms with Gasteiger partial charge in [0.1, 0.15) is 11.6 Å². The van der Waals surface area contributed by atoms with Gasteiger partial charge in [-0.3, -0.25) is 9.69 Å². The molecule has 1 atom stereocenters. The summed E-state index contributed by atoms with van der Waals surface area (Å²) in [6.07, 6.45) is 0.996. The van der Waals surface area contributed by atoms with Crippen LogP contribution in [-0.2, 0) is 16.1 Å². The lowest BCUT2D eigenvalue weighted by Gasteiger charge is -2.28. The summed E-state index contributed by atoms with van der Waals surface area (Å²) in [6.45, 7) is 8.93. The van der Waals surface area contributed by atoms with Gasteiger partial charge in [-0.2, -0.15) is 0 Å². The Hall–Kier alpha value is -3.02. The lowest BCUT2D eigenvalue weighted by molar-refractivity contribution is -0.120. The fourth-order valence-electron chi connectivity index (χ4n) is 4.33. The molecule has 0 spiro atoms. The number of aryl methyl sites for hydroxylation is 1. The van der Waals surface area contributed by atoms with Gasteiger partial charge in [0.05, 0.1) is 11.2 Å². The van der Waals surface area contributed by atoms with E-state index in [4.69, 9.17) is 4.74 Å². The summed E-state index contributed by atoms with van der Waals surface area (Å²) < 4.78 is 7.72. The van der Waals surface area contributed by atoms with Gasteiger partial charge >= 0.3 is 6.09 Å². The van der Waals surface area contributed by atoms with Crippen LogP contribution in [0.4, 0.5) is 10.5 Å². The molecule has 0 saturated carbocycles. The first-order valence-electron chi connectivity index (χ1n) is 10.6. The van der Waals surface area contributed by atoms with Gasteiger partial charge in [-0.05, 0) is 52.7 Å². The molecule has 2 heterocycles. The molecule has 158 valence electrons. The van der Waals surface area contributed by atoms with E-state index in [0.717, 1.165) is 35.1 Å². The summed E-state index contributed by atoms with van der Waals surface area (Å²) in [7, 11) is 0. The van der Waals surface area contributed by atoms with Crippen LogP contribution in [0.15, 0.2) is 42.5 Å². The van der Waals surface area contributed by atoms with Crippen molar-refractivity contribution in [3.05, 3.63) is 42.5 Å². The van der Waals surface area contributed by atoms with Crippen LogP contribution in [0.5, 0.6) is 0 Å². The Morgan fingerprint density at radius 3 is 2.57 bits per heavy atom. The van der Waals surface area contributed by atoms with Gasteiger partial charge in [-0.25, -0.2) is 4.79 Å². The van der Waals surface area contributed by atoms with Gasteiger partial charge in [0.25, 0.3) is 0 Å². The second-order valence-electron chi connectivity index (χ2n) is 8.78. The van der Waals surface area contributed by atoms with Gasteiger partial charge in [0, 0.05) is 29.4 Å². The summed E-state index contributed by atoms with van der Waals surface area (Å²) >= 11 is 0. The second kappa shape index (κ2) is 7.67. The maximum Gasteiger partial charge on any atom is 0.410 e. The number of amides is 2. The van der Waals surface area contributed by atoms with Gasteiger partial charge in [-0.15, -0.1) is 0 Å². The molecule has 1 fully saturated rings. The molecular weight excluding hydrogens is 378 g/mol. The van der Waals surface area contributed by atoms with Gasteiger partial charge < -0.3 is 14.6 Å². The molecule has 3 aromatic rings. The zero-order valence-corrected chi connectivity index (χ0v) is 18.1. The highest BCUT2D eigenvalue weighted by molar-refractivity contribution is 6.14. The average Bonchev–Trinajstić information content (AvgIpc) is 3.30. The quantitative estimate of drug-likeness (QED) is 0.653. The van der Waals surface area contributed by atoms with Crippen LogP contribution in [0, 0.1) is 0 Å². The Kier molecular flexibility index (Phi) is 5.18. The molecule has 0 radical (unpaired) electrons. The van der Waals surface area contributed by atoms with Crippen LogP contribution in [-0.4, -0.2) is 39.7 Å². The molecule has 6 heteroatoms. The van der Waals surface area contributed by atoms with Crippen LogP contribution < -0.4 is 5.32 Å². The van der Waals surface area contributed by atoms with Crippen LogP contribution in [0.2, 0.25) is 0 Å². The van der Waals surface area contributed by atoms with Crippen molar-refractivity contribution in [2.24, 2.45) is 0 Å². The Morgan fingerprint density at radius 1 is 1.10 bits per heavy atom. The fraction of sp³-hybridized carbons (Fsp3) is 0.417. The first-order chi connectivity index (χ1) is 14.3. The van der Waals surface area contributed by atoms with Gasteiger partial charge in [-0.1, -0.05) is 30.3 Å². The molecule has 1 aliphatic rings. The second-order valence-corrected chi connectivity index (χ2v) is 8.78. The van der Waals surface area contributed by atoms with Gasteiger partial charge in [0.15, 0.2) is 0 Å². The standard InChI is InChI=1S/C24H29N3O3/c1-5-26-19-13-7-6-10-16(19)17-11-8-12-18(21(17)26)25-22(28)20-14-9-15-27(20)23(29)30-24(2,3)4/h6-8,10-13,20H,5,9,14-15H2,1-4H3,(H,25,28). The van der Waals surface area contributed by atoms with Crippen LogP contribution in [0.25, 0.3) is 21.8 Å². The Morgan fingerprint density at radius 2 is 1.83 bits per heavy atom. The maximum absolute atomic E-state index is 13.2. The van der Waals surface area contributed by atoms with Crippen molar-refractivity contribution in [3.8, 4) is 0 Å². The smallest absolute Gasteiger partial charge is 0.410 e. The predicted octanol–water partition coefficient (Wildman–Crippen LogP) is 5.15. The third kappa shape index (κ3) is 3.62. The third-order valence-electron chi connectivity index (χ3n) is 5.55. The molecule has 2 amide bonds. The van der Waals surface area contributed by atoms with E-state index in [1.54, 1.807) is 4.90 Å². The normalized spacial score (nSPS) is 16.9. The summed E-state index contributed by atoms with van der Waals surface area (Å²) in [4.78, 5) is 27.3. The lowest BCUT2D eigenvalue weighted by Crippen LogP contribution is -2.45. The van der Waals surface area contributed by atoms with Crippen LogP contribution >= 0.6 is 0 Å². The number of hydrogen-bond donors (Lipinski definition) is 1. The average molecular weight is 408 g/mol. The zero-order valence-electron chi connectivity index (χ0n) is 18.1. The Labute approximate surface area is 176 Å². The SMILES string of the molecule is CCn1c2ccccc2c2cccc(NC(=O)C3CCCN3C(=O)OC(C)(C)C)c21. The summed E-state index contributed by atoms with van der Waals surface area (Å²) in [6, 6.07) is 13.7. The highest BCUT2D eigenvalue weighted by Gasteiger charge is 2.36. The number of rotatable bonds is 3. The van der Waals surface area contributed by atoms with E-state index in [2.05, 4.69) is 35.0 Å². The van der Waals surface area contributed by atoms with E-state index in [0.29, 0.717) is 13.0 Å². The molecule has 2 aromatic carbocycles. The number of ether oxygens (including phenoxy) is 1. The minimum Gasteiger partial charge on any atom is -0.444 e. The van der Waals surface area contributed by atoms with Crippen molar-refractivity contribution in [2.45, 2.75) is 58.7 Å². The van der Waals surface area contributed by atoms with Crippen molar-refractivity contribution in [1.82, 2.24) is 9.47 Å². The fourth-order valence-corrected chi connectivity index (χ4v) is 4.33. The van der Waals surface area contributed by atoms with Crippen molar-refractivity contribution >= 4 is 39.5 Å². The van der Waals surface area contributed by atoms with Gasteiger partial charge in [0.2, 0.25) is 5.91 Å². The number of benzene rings is 2. The summed E-state index contributed by atoms with van der Waals surface area (Å²) in [5, 5.41) is 5.38. The van der Waals surface area contributed by atoms with E-state index in [1.165, 1.54) is 5.39 Å². The molecule has 30 heavy (non-hydrogen) atoms. The topological polar surface area (TPSA) is 63.6 Å². The first-order valence-corrected chi connectivity index (χ1v) is 10.6. The number of anilines is 1. The molecule has 1 aliphatic heterocycles. The molecule has 1 unspecified atom stereocenters. The van der Waals surface area contributed by atoms with Crippen LogP contribution in [0.1, 0.15) is 40.5 Å². The minimum atomic E-state index is -0.589. The molecule has 0 bridgehead atoms. The zero-order chi connectivity index (χ0) is 21.5. The summed E-state index contributed by atoms with van der Waals surface area (Å²) in [5.41, 5.74) is 2.34. The van der Waals surface area contributed by atoms with Crippen LogP contribution in [0.3, 0.4) is 0 Å². The van der Waals surface area contributed by atoms with E-state index in [-0.39, 0.29) is 5.91 Å². The summed E-state index contributed by atoms with van der Waals surface area (Å²) in [5.74, 6) is -0.168. The van der Waals surface area contributed by atoms with Crippen molar-refractivity contribution < 1.29 is 14.3 Å². The number of carbonyl (C=O) groups excluding carboxylic acids is 2. The largest absolute Gasteiger partial charge is 0.444 e. The molecule has 1 N–H and O–H groups in total. The maximum atomic E-state index is 13.2. The number of aromatic nitrogens is 1. The number of hydrogen-bond acceptors (Lipinski definition) is 3. The number of nitrogens with one attached hydrogen (secondary N) is 1. The molecule has 1 aromatic heterocycles.